The minimum atomic E-state index is -0.0535. The van der Waals surface area contributed by atoms with E-state index in [9.17, 15) is 4.79 Å². The standard InChI is InChI=1S/C17H20N8O2S/c1-3-12(26)25-6-4-5-10(8-25)19-14-13-15(23-24-16(13)28-2)22-17(21-14)20-11-7-18-27-9-11/h3,7,9-10H,1,4-6,8H2,2H3,(H3,19,20,21,22,23,24)/t10-/m1/s1. The Bertz CT molecular complexity index is 987. The lowest BCUT2D eigenvalue weighted by Crippen LogP contribution is -2.44. The van der Waals surface area contributed by atoms with Gasteiger partial charge in [-0.15, -0.1) is 11.8 Å². The van der Waals surface area contributed by atoms with E-state index < -0.39 is 0 Å². The molecule has 1 aliphatic rings. The van der Waals surface area contributed by atoms with E-state index in [-0.39, 0.29) is 11.9 Å². The number of aromatic nitrogens is 5. The summed E-state index contributed by atoms with van der Waals surface area (Å²) >= 11 is 1.52. The summed E-state index contributed by atoms with van der Waals surface area (Å²) in [5, 5.41) is 19.1. The van der Waals surface area contributed by atoms with Crippen LogP contribution in [0.3, 0.4) is 0 Å². The molecule has 0 radical (unpaired) electrons. The summed E-state index contributed by atoms with van der Waals surface area (Å²) in [5.41, 5.74) is 1.27. The van der Waals surface area contributed by atoms with Crippen molar-refractivity contribution in [2.24, 2.45) is 0 Å². The summed E-state index contributed by atoms with van der Waals surface area (Å²) in [6, 6.07) is 0.0730. The summed E-state index contributed by atoms with van der Waals surface area (Å²) in [4.78, 5) is 22.9. The van der Waals surface area contributed by atoms with E-state index in [4.69, 9.17) is 4.52 Å². The van der Waals surface area contributed by atoms with Crippen LogP contribution in [0.5, 0.6) is 0 Å². The van der Waals surface area contributed by atoms with E-state index in [1.54, 1.807) is 11.1 Å². The Balaban J connectivity index is 1.64. The SMILES string of the molecule is C=CC(=O)N1CCC[C@@H](Nc2nc(Nc3cnoc3)nc3[nH]nc(SC)c23)C1. The summed E-state index contributed by atoms with van der Waals surface area (Å²) in [6.07, 6.45) is 8.18. The van der Waals surface area contributed by atoms with Crippen molar-refractivity contribution >= 4 is 46.2 Å². The number of H-pyrrole nitrogens is 1. The van der Waals surface area contributed by atoms with Gasteiger partial charge in [-0.25, -0.2) is 0 Å². The Kier molecular flexibility index (Phi) is 5.15. The summed E-state index contributed by atoms with van der Waals surface area (Å²) in [6.45, 7) is 4.91. The van der Waals surface area contributed by atoms with E-state index >= 15 is 0 Å². The fraction of sp³-hybridized carbons (Fsp3) is 0.353. The van der Waals surface area contributed by atoms with Gasteiger partial charge in [0, 0.05) is 19.1 Å². The molecule has 0 bridgehead atoms. The fourth-order valence-corrected chi connectivity index (χ4v) is 3.76. The average molecular weight is 400 g/mol. The predicted molar refractivity (Wildman–Crippen MR) is 107 cm³/mol. The molecule has 3 aromatic rings. The predicted octanol–water partition coefficient (Wildman–Crippen LogP) is 2.40. The van der Waals surface area contributed by atoms with Crippen LogP contribution in [0.2, 0.25) is 0 Å². The molecule has 0 unspecified atom stereocenters. The van der Waals surface area contributed by atoms with Gasteiger partial charge in [0.2, 0.25) is 11.9 Å². The minimum Gasteiger partial charge on any atom is -0.365 e. The number of likely N-dealkylation sites (tertiary alicyclic amines) is 1. The number of nitrogens with zero attached hydrogens (tertiary/aromatic N) is 5. The second-order valence-electron chi connectivity index (χ2n) is 6.36. The maximum atomic E-state index is 12.0. The Morgan fingerprint density at radius 1 is 1.50 bits per heavy atom. The van der Waals surface area contributed by atoms with Gasteiger partial charge in [-0.3, -0.25) is 9.89 Å². The molecule has 0 spiro atoms. The van der Waals surface area contributed by atoms with E-state index in [1.807, 2.05) is 6.26 Å². The zero-order valence-electron chi connectivity index (χ0n) is 15.3. The van der Waals surface area contributed by atoms with Crippen LogP contribution >= 0.6 is 11.8 Å². The van der Waals surface area contributed by atoms with Crippen molar-refractivity contribution < 1.29 is 9.32 Å². The molecule has 10 nitrogen and oxygen atoms in total. The van der Waals surface area contributed by atoms with E-state index in [1.165, 1.54) is 24.1 Å². The van der Waals surface area contributed by atoms with Crippen LogP contribution in [0.15, 0.2) is 34.7 Å². The summed E-state index contributed by atoms with van der Waals surface area (Å²) in [5.74, 6) is 1.01. The Labute approximate surface area is 165 Å². The molecule has 4 rings (SSSR count). The molecule has 146 valence electrons. The van der Waals surface area contributed by atoms with Gasteiger partial charge in [-0.2, -0.15) is 15.1 Å². The number of piperidine rings is 1. The zero-order chi connectivity index (χ0) is 19.5. The molecule has 11 heteroatoms. The number of rotatable bonds is 6. The van der Waals surface area contributed by atoms with Crippen LogP contribution in [0.25, 0.3) is 11.0 Å². The highest BCUT2D eigenvalue weighted by Crippen LogP contribution is 2.31. The highest BCUT2D eigenvalue weighted by molar-refractivity contribution is 7.98. The van der Waals surface area contributed by atoms with Gasteiger partial charge in [-0.05, 0) is 25.2 Å². The first-order valence-corrected chi connectivity index (χ1v) is 10.0. The molecular weight excluding hydrogens is 380 g/mol. The van der Waals surface area contributed by atoms with Crippen molar-refractivity contribution in [3.63, 3.8) is 0 Å². The molecule has 1 amide bonds. The first-order valence-electron chi connectivity index (χ1n) is 8.82. The van der Waals surface area contributed by atoms with Crippen molar-refractivity contribution in [2.45, 2.75) is 23.9 Å². The quantitative estimate of drug-likeness (QED) is 0.422. The molecule has 4 heterocycles. The van der Waals surface area contributed by atoms with Crippen molar-refractivity contribution in [2.75, 3.05) is 30.0 Å². The van der Waals surface area contributed by atoms with Crippen molar-refractivity contribution in [1.29, 1.82) is 0 Å². The van der Waals surface area contributed by atoms with E-state index in [0.29, 0.717) is 29.6 Å². The molecule has 1 atom stereocenters. The van der Waals surface area contributed by atoms with Gasteiger partial charge in [0.25, 0.3) is 0 Å². The number of fused-ring (bicyclic) bond motifs is 1. The van der Waals surface area contributed by atoms with Crippen LogP contribution in [0.1, 0.15) is 12.8 Å². The number of anilines is 3. The lowest BCUT2D eigenvalue weighted by Gasteiger charge is -2.33. The molecule has 28 heavy (non-hydrogen) atoms. The lowest BCUT2D eigenvalue weighted by molar-refractivity contribution is -0.127. The van der Waals surface area contributed by atoms with Crippen LogP contribution in [-0.4, -0.2) is 61.5 Å². The highest BCUT2D eigenvalue weighted by atomic mass is 32.2. The van der Waals surface area contributed by atoms with Gasteiger partial charge in [-0.1, -0.05) is 11.7 Å². The fourth-order valence-electron chi connectivity index (χ4n) is 3.23. The molecule has 0 saturated carbocycles. The van der Waals surface area contributed by atoms with Crippen molar-refractivity contribution in [3.8, 4) is 0 Å². The Morgan fingerprint density at radius 3 is 3.14 bits per heavy atom. The largest absolute Gasteiger partial charge is 0.365 e. The lowest BCUT2D eigenvalue weighted by atomic mass is 10.1. The number of thioether (sulfide) groups is 1. The number of aromatic amines is 1. The van der Waals surface area contributed by atoms with Crippen LogP contribution < -0.4 is 10.6 Å². The van der Waals surface area contributed by atoms with Crippen LogP contribution in [0, 0.1) is 0 Å². The van der Waals surface area contributed by atoms with Gasteiger partial charge < -0.3 is 20.1 Å². The molecule has 3 N–H and O–H groups in total. The van der Waals surface area contributed by atoms with Gasteiger partial charge in [0.15, 0.2) is 5.65 Å². The topological polar surface area (TPSA) is 125 Å². The number of nitrogens with one attached hydrogen (secondary N) is 3. The zero-order valence-corrected chi connectivity index (χ0v) is 16.1. The normalized spacial score (nSPS) is 16.9. The molecule has 1 aliphatic heterocycles. The smallest absolute Gasteiger partial charge is 0.246 e. The first-order chi connectivity index (χ1) is 13.7. The maximum absolute atomic E-state index is 12.0. The van der Waals surface area contributed by atoms with Crippen molar-refractivity contribution in [1.82, 2.24) is 30.2 Å². The third kappa shape index (κ3) is 3.65. The number of amides is 1. The average Bonchev–Trinajstić information content (AvgIpc) is 3.37. The first kappa shape index (κ1) is 18.3. The van der Waals surface area contributed by atoms with Crippen molar-refractivity contribution in [3.05, 3.63) is 25.1 Å². The third-order valence-electron chi connectivity index (χ3n) is 4.52. The van der Waals surface area contributed by atoms with E-state index in [2.05, 4.69) is 42.5 Å². The van der Waals surface area contributed by atoms with E-state index in [0.717, 1.165) is 29.8 Å². The van der Waals surface area contributed by atoms with Gasteiger partial charge in [0.05, 0.1) is 11.6 Å². The molecule has 1 saturated heterocycles. The van der Waals surface area contributed by atoms with Gasteiger partial charge in [0.1, 0.15) is 22.8 Å². The van der Waals surface area contributed by atoms with Crippen LogP contribution in [-0.2, 0) is 4.79 Å². The second kappa shape index (κ2) is 7.89. The van der Waals surface area contributed by atoms with Gasteiger partial charge >= 0.3 is 0 Å². The number of hydrogen-bond donors (Lipinski definition) is 3. The Morgan fingerprint density at radius 2 is 2.39 bits per heavy atom. The number of carbonyl (C=O) groups is 1. The van der Waals surface area contributed by atoms with Crippen LogP contribution in [0.4, 0.5) is 17.5 Å². The molecule has 0 aliphatic carbocycles. The summed E-state index contributed by atoms with van der Waals surface area (Å²) < 4.78 is 4.84. The molecule has 0 aromatic carbocycles. The second-order valence-corrected chi connectivity index (χ2v) is 7.16. The minimum absolute atomic E-state index is 0.0535. The monoisotopic (exact) mass is 400 g/mol. The molecule has 1 fully saturated rings. The number of hydrogen-bond acceptors (Lipinski definition) is 9. The summed E-state index contributed by atoms with van der Waals surface area (Å²) in [7, 11) is 0. The number of carbonyl (C=O) groups excluding carboxylic acids is 1. The highest BCUT2D eigenvalue weighted by Gasteiger charge is 2.24. The molecule has 3 aromatic heterocycles. The molecular formula is C17H20N8O2S. The Hall–Kier alpha value is -3.08. The third-order valence-corrected chi connectivity index (χ3v) is 5.20. The maximum Gasteiger partial charge on any atom is 0.246 e.